The summed E-state index contributed by atoms with van der Waals surface area (Å²) in [7, 11) is 0. The van der Waals surface area contributed by atoms with E-state index in [2.05, 4.69) is 51.3 Å². The maximum absolute atomic E-state index is 2.82. The van der Waals surface area contributed by atoms with Crippen LogP contribution in [0.3, 0.4) is 0 Å². The molecular weight excluding hydrogens is 268 g/mol. The Hall–Kier alpha value is -0.0800. The first-order valence-corrected chi connectivity index (χ1v) is 9.64. The van der Waals surface area contributed by atoms with Crippen molar-refractivity contribution < 1.29 is 0 Å². The lowest BCUT2D eigenvalue weighted by Crippen LogP contribution is -2.47. The molecule has 22 heavy (non-hydrogen) atoms. The Kier molecular flexibility index (Phi) is 5.99. The minimum Gasteiger partial charge on any atom is -0.299 e. The zero-order valence-corrected chi connectivity index (χ0v) is 16.1. The summed E-state index contributed by atoms with van der Waals surface area (Å²) in [6, 6.07) is 1.68. The van der Waals surface area contributed by atoms with Gasteiger partial charge in [-0.05, 0) is 75.5 Å². The number of nitrogens with zero attached hydrogens (tertiary/aromatic N) is 2. The molecule has 0 saturated carbocycles. The van der Waals surface area contributed by atoms with Crippen LogP contribution >= 0.6 is 0 Å². The summed E-state index contributed by atoms with van der Waals surface area (Å²) < 4.78 is 0. The molecule has 0 radical (unpaired) electrons. The summed E-state index contributed by atoms with van der Waals surface area (Å²) in [5.41, 5.74) is 0.934. The first-order valence-electron chi connectivity index (χ1n) is 9.64. The summed E-state index contributed by atoms with van der Waals surface area (Å²) >= 11 is 0. The normalized spacial score (nSPS) is 28.6. The first kappa shape index (κ1) is 18.3. The van der Waals surface area contributed by atoms with Crippen molar-refractivity contribution >= 4 is 0 Å². The lowest BCUT2D eigenvalue weighted by Gasteiger charge is -2.37. The van der Waals surface area contributed by atoms with Gasteiger partial charge in [0.25, 0.3) is 0 Å². The van der Waals surface area contributed by atoms with E-state index in [1.807, 2.05) is 0 Å². The summed E-state index contributed by atoms with van der Waals surface area (Å²) in [4.78, 5) is 5.65. The van der Waals surface area contributed by atoms with Crippen LogP contribution in [-0.4, -0.2) is 48.1 Å². The Balaban J connectivity index is 1.90. The standard InChI is InChI=1S/C20H40N2/c1-19(2,3)11-15-21-13-7-9-17(21)18-10-8-14-22(18)16-12-20(4,5)6/h17-18H,7-16H2,1-6H3/t17-,18-/m0/s1. The van der Waals surface area contributed by atoms with Gasteiger partial charge in [0.15, 0.2) is 0 Å². The highest BCUT2D eigenvalue weighted by Crippen LogP contribution is 2.32. The van der Waals surface area contributed by atoms with Crippen LogP contribution in [-0.2, 0) is 0 Å². The maximum atomic E-state index is 2.82. The molecule has 0 bridgehead atoms. The average Bonchev–Trinajstić information content (AvgIpc) is 3.00. The molecule has 0 spiro atoms. The van der Waals surface area contributed by atoms with E-state index in [4.69, 9.17) is 0 Å². The van der Waals surface area contributed by atoms with Gasteiger partial charge in [-0.1, -0.05) is 41.5 Å². The van der Waals surface area contributed by atoms with Crippen molar-refractivity contribution in [1.29, 1.82) is 0 Å². The zero-order chi connectivity index (χ0) is 16.4. The Morgan fingerprint density at radius 1 is 0.682 bits per heavy atom. The van der Waals surface area contributed by atoms with E-state index in [-0.39, 0.29) is 0 Å². The number of hydrogen-bond acceptors (Lipinski definition) is 2. The fourth-order valence-corrected chi connectivity index (χ4v) is 4.09. The number of likely N-dealkylation sites (tertiary alicyclic amines) is 2. The third kappa shape index (κ3) is 5.53. The quantitative estimate of drug-likeness (QED) is 0.720. The van der Waals surface area contributed by atoms with E-state index in [1.165, 1.54) is 64.7 Å². The highest BCUT2D eigenvalue weighted by atomic mass is 15.3. The van der Waals surface area contributed by atoms with E-state index in [9.17, 15) is 0 Å². The van der Waals surface area contributed by atoms with Gasteiger partial charge in [0.05, 0.1) is 0 Å². The smallest absolute Gasteiger partial charge is 0.0252 e. The molecule has 2 nitrogen and oxygen atoms in total. The summed E-state index contributed by atoms with van der Waals surface area (Å²) in [6.07, 6.45) is 8.36. The van der Waals surface area contributed by atoms with E-state index < -0.39 is 0 Å². The highest BCUT2D eigenvalue weighted by Gasteiger charge is 2.37. The molecule has 2 heteroatoms. The van der Waals surface area contributed by atoms with Crippen LogP contribution in [0.15, 0.2) is 0 Å². The van der Waals surface area contributed by atoms with E-state index in [0.29, 0.717) is 10.8 Å². The molecule has 2 fully saturated rings. The van der Waals surface area contributed by atoms with Crippen molar-refractivity contribution in [2.75, 3.05) is 26.2 Å². The maximum Gasteiger partial charge on any atom is 0.0252 e. The summed E-state index contributed by atoms with van der Waals surface area (Å²) in [5.74, 6) is 0. The molecule has 2 rings (SSSR count). The molecule has 0 aromatic rings. The van der Waals surface area contributed by atoms with Crippen molar-refractivity contribution in [2.45, 2.75) is 92.2 Å². The molecule has 0 amide bonds. The topological polar surface area (TPSA) is 6.48 Å². The van der Waals surface area contributed by atoms with E-state index in [1.54, 1.807) is 0 Å². The highest BCUT2D eigenvalue weighted by molar-refractivity contribution is 4.94. The van der Waals surface area contributed by atoms with Crippen LogP contribution in [0.2, 0.25) is 0 Å². The molecule has 0 aromatic carbocycles. The molecule has 2 saturated heterocycles. The van der Waals surface area contributed by atoms with Crippen molar-refractivity contribution in [3.8, 4) is 0 Å². The largest absolute Gasteiger partial charge is 0.299 e. The van der Waals surface area contributed by atoms with Crippen LogP contribution in [0.25, 0.3) is 0 Å². The van der Waals surface area contributed by atoms with Gasteiger partial charge in [0.2, 0.25) is 0 Å². The van der Waals surface area contributed by atoms with Crippen LogP contribution < -0.4 is 0 Å². The first-order chi connectivity index (χ1) is 10.2. The van der Waals surface area contributed by atoms with Gasteiger partial charge in [0.1, 0.15) is 0 Å². The van der Waals surface area contributed by atoms with E-state index >= 15 is 0 Å². The predicted octanol–water partition coefficient (Wildman–Crippen LogP) is 4.79. The minimum atomic E-state index is 0.467. The van der Waals surface area contributed by atoms with E-state index in [0.717, 1.165) is 12.1 Å². The van der Waals surface area contributed by atoms with Crippen molar-refractivity contribution in [3.63, 3.8) is 0 Å². The second kappa shape index (κ2) is 7.21. The van der Waals surface area contributed by atoms with Crippen molar-refractivity contribution in [3.05, 3.63) is 0 Å². The third-order valence-electron chi connectivity index (χ3n) is 5.57. The zero-order valence-electron chi connectivity index (χ0n) is 16.1. The van der Waals surface area contributed by atoms with Gasteiger partial charge in [-0.2, -0.15) is 0 Å². The molecule has 2 aliphatic heterocycles. The molecule has 2 atom stereocenters. The molecule has 0 unspecified atom stereocenters. The number of hydrogen-bond donors (Lipinski definition) is 0. The molecular formula is C20H40N2. The van der Waals surface area contributed by atoms with Gasteiger partial charge in [0, 0.05) is 12.1 Å². The van der Waals surface area contributed by atoms with Gasteiger partial charge in [-0.15, -0.1) is 0 Å². The molecule has 2 aliphatic rings. The molecule has 130 valence electrons. The molecule has 0 aliphatic carbocycles. The fourth-order valence-electron chi connectivity index (χ4n) is 4.09. The van der Waals surface area contributed by atoms with Gasteiger partial charge in [-0.3, -0.25) is 9.80 Å². The monoisotopic (exact) mass is 308 g/mol. The van der Waals surface area contributed by atoms with Gasteiger partial charge >= 0.3 is 0 Å². The lowest BCUT2D eigenvalue weighted by molar-refractivity contribution is 0.114. The Bertz CT molecular complexity index is 303. The Morgan fingerprint density at radius 2 is 1.05 bits per heavy atom. The van der Waals surface area contributed by atoms with Gasteiger partial charge < -0.3 is 0 Å². The fraction of sp³-hybridized carbons (Fsp3) is 1.00. The van der Waals surface area contributed by atoms with Crippen molar-refractivity contribution in [1.82, 2.24) is 9.80 Å². The van der Waals surface area contributed by atoms with Crippen LogP contribution in [0, 0.1) is 10.8 Å². The van der Waals surface area contributed by atoms with Crippen LogP contribution in [0.5, 0.6) is 0 Å². The lowest BCUT2D eigenvalue weighted by atomic mass is 9.91. The minimum absolute atomic E-state index is 0.467. The van der Waals surface area contributed by atoms with Crippen LogP contribution in [0.1, 0.15) is 80.1 Å². The van der Waals surface area contributed by atoms with Crippen LogP contribution in [0.4, 0.5) is 0 Å². The second-order valence-electron chi connectivity index (χ2n) is 10.1. The second-order valence-corrected chi connectivity index (χ2v) is 10.1. The van der Waals surface area contributed by atoms with Gasteiger partial charge in [-0.25, -0.2) is 0 Å². The Morgan fingerprint density at radius 3 is 1.36 bits per heavy atom. The molecule has 2 heterocycles. The summed E-state index contributed by atoms with van der Waals surface area (Å²) in [5, 5.41) is 0. The SMILES string of the molecule is CC(C)(C)CCN1CCC[C@H]1[C@@H]1CCCN1CCC(C)(C)C. The Labute approximate surface area is 139 Å². The predicted molar refractivity (Wildman–Crippen MR) is 97.3 cm³/mol. The van der Waals surface area contributed by atoms with Crippen molar-refractivity contribution in [2.24, 2.45) is 10.8 Å². The molecule has 0 N–H and O–H groups in total. The average molecular weight is 309 g/mol. The molecule has 0 aromatic heterocycles. The summed E-state index contributed by atoms with van der Waals surface area (Å²) in [6.45, 7) is 19.6. The number of rotatable bonds is 5. The third-order valence-corrected chi connectivity index (χ3v) is 5.57.